The molecule has 0 N–H and O–H groups in total. The van der Waals surface area contributed by atoms with Crippen LogP contribution >= 0.6 is 19.5 Å². The van der Waals surface area contributed by atoms with Gasteiger partial charge in [-0.2, -0.15) is 10.2 Å². The Hall–Kier alpha value is -2.28. The van der Waals surface area contributed by atoms with Crippen LogP contribution in [0.1, 0.15) is 26.3 Å². The van der Waals surface area contributed by atoms with Crippen molar-refractivity contribution in [3.8, 4) is 0 Å². The summed E-state index contributed by atoms with van der Waals surface area (Å²) >= 11 is 6.24. The zero-order valence-electron chi connectivity index (χ0n) is 17.1. The van der Waals surface area contributed by atoms with Crippen molar-refractivity contribution in [2.75, 3.05) is 6.16 Å². The molecule has 0 fully saturated rings. The van der Waals surface area contributed by atoms with Gasteiger partial charge in [-0.25, -0.2) is 0 Å². The van der Waals surface area contributed by atoms with E-state index in [1.165, 1.54) is 10.6 Å². The van der Waals surface area contributed by atoms with E-state index in [-0.39, 0.29) is 5.41 Å². The van der Waals surface area contributed by atoms with Crippen molar-refractivity contribution in [1.82, 2.24) is 0 Å². The van der Waals surface area contributed by atoms with Crippen molar-refractivity contribution in [3.63, 3.8) is 0 Å². The lowest BCUT2D eigenvalue weighted by atomic mass is 9.91. The Labute approximate surface area is 180 Å². The lowest BCUT2D eigenvalue weighted by molar-refractivity contribution is 0.586. The fraction of sp³-hybridized carbons (Fsp3) is 0.200. The van der Waals surface area contributed by atoms with Crippen LogP contribution in [-0.4, -0.2) is 18.1 Å². The molecule has 29 heavy (non-hydrogen) atoms. The molecule has 0 spiro atoms. The van der Waals surface area contributed by atoms with Crippen LogP contribution in [0.2, 0.25) is 5.02 Å². The Kier molecular flexibility index (Phi) is 7.36. The van der Waals surface area contributed by atoms with Gasteiger partial charge in [-0.15, -0.1) is 0 Å². The summed E-state index contributed by atoms with van der Waals surface area (Å²) in [6, 6.07) is 29.1. The number of nitrogens with zero attached hydrogens (tertiary/aromatic N) is 2. The van der Waals surface area contributed by atoms with Crippen LogP contribution in [0.25, 0.3) is 0 Å². The molecule has 0 saturated carbocycles. The Morgan fingerprint density at radius 2 is 1.34 bits per heavy atom. The first-order chi connectivity index (χ1) is 13.9. The van der Waals surface area contributed by atoms with Gasteiger partial charge < -0.3 is 0 Å². The van der Waals surface area contributed by atoms with Gasteiger partial charge in [0.15, 0.2) is 0 Å². The Morgan fingerprint density at radius 3 is 1.86 bits per heavy atom. The van der Waals surface area contributed by atoms with Crippen LogP contribution in [0.4, 0.5) is 0 Å². The highest BCUT2D eigenvalue weighted by Crippen LogP contribution is 2.36. The largest absolute Gasteiger partial charge is 0.159 e. The van der Waals surface area contributed by atoms with Gasteiger partial charge in [0.25, 0.3) is 0 Å². The highest BCUT2D eigenvalue weighted by atomic mass is 35.5. The molecule has 0 amide bonds. The normalized spacial score (nSPS) is 12.7. The number of rotatable bonds is 6. The monoisotopic (exact) mass is 420 g/mol. The van der Waals surface area contributed by atoms with Crippen molar-refractivity contribution in [2.45, 2.75) is 20.8 Å². The number of halogens is 1. The van der Waals surface area contributed by atoms with E-state index in [0.29, 0.717) is 5.02 Å². The fourth-order valence-corrected chi connectivity index (χ4v) is 5.61. The molecule has 0 unspecified atom stereocenters. The number of hydrogen-bond donors (Lipinski definition) is 0. The summed E-state index contributed by atoms with van der Waals surface area (Å²) in [7, 11) is -0.562. The maximum atomic E-state index is 6.24. The van der Waals surface area contributed by atoms with Gasteiger partial charge in [-0.3, -0.25) is 0 Å². The second kappa shape index (κ2) is 9.96. The minimum Gasteiger partial charge on any atom is -0.159 e. The Morgan fingerprint density at radius 1 is 0.828 bits per heavy atom. The second-order valence-electron chi connectivity index (χ2n) is 7.82. The molecule has 0 aliphatic carbocycles. The minimum absolute atomic E-state index is 0.0814. The molecule has 4 heteroatoms. The number of benzene rings is 3. The van der Waals surface area contributed by atoms with E-state index >= 15 is 0 Å². The maximum Gasteiger partial charge on any atom is 0.0583 e. The molecule has 0 saturated heterocycles. The third kappa shape index (κ3) is 6.10. The van der Waals surface area contributed by atoms with E-state index in [9.17, 15) is 0 Å². The van der Waals surface area contributed by atoms with Gasteiger partial charge in [0.05, 0.1) is 11.9 Å². The standard InChI is InChI=1S/C25H26ClN2P/c1-25(2,3)24(28-27-18-20-12-10-11-17-23(20)26)19-29(21-13-6-4-7-14-21)22-15-8-5-9-16-22/h4-18H,19H2,1-3H3/b27-18+,28-24+. The summed E-state index contributed by atoms with van der Waals surface area (Å²) in [5, 5.41) is 12.4. The Balaban J connectivity index is 1.94. The van der Waals surface area contributed by atoms with E-state index in [0.717, 1.165) is 17.4 Å². The van der Waals surface area contributed by atoms with Crippen molar-refractivity contribution in [3.05, 3.63) is 95.5 Å². The lowest BCUT2D eigenvalue weighted by Crippen LogP contribution is -2.27. The molecule has 0 radical (unpaired) electrons. The molecule has 0 heterocycles. The van der Waals surface area contributed by atoms with Gasteiger partial charge in [-0.1, -0.05) is 111 Å². The average Bonchev–Trinajstić information content (AvgIpc) is 2.72. The first-order valence-corrected chi connectivity index (χ1v) is 11.6. The second-order valence-corrected chi connectivity index (χ2v) is 10.4. The van der Waals surface area contributed by atoms with Crippen molar-refractivity contribution in [1.29, 1.82) is 0 Å². The lowest BCUT2D eigenvalue weighted by Gasteiger charge is -2.26. The first kappa shape index (κ1) is 21.4. The van der Waals surface area contributed by atoms with Crippen LogP contribution < -0.4 is 10.6 Å². The highest BCUT2D eigenvalue weighted by molar-refractivity contribution is 7.73. The van der Waals surface area contributed by atoms with E-state index in [2.05, 4.69) is 91.6 Å². The van der Waals surface area contributed by atoms with Gasteiger partial charge in [0, 0.05) is 22.2 Å². The molecule has 3 aromatic carbocycles. The summed E-state index contributed by atoms with van der Waals surface area (Å²) in [6.07, 6.45) is 2.61. The fourth-order valence-electron chi connectivity index (χ4n) is 2.86. The zero-order chi connectivity index (χ0) is 20.7. The topological polar surface area (TPSA) is 24.7 Å². The summed E-state index contributed by atoms with van der Waals surface area (Å²) in [5.74, 6) is 0. The molecule has 0 aliphatic rings. The molecule has 0 bridgehead atoms. The molecular formula is C25H26ClN2P. The van der Waals surface area contributed by atoms with E-state index in [1.54, 1.807) is 6.21 Å². The maximum absolute atomic E-state index is 6.24. The van der Waals surface area contributed by atoms with Gasteiger partial charge in [0.2, 0.25) is 0 Å². The van der Waals surface area contributed by atoms with Gasteiger partial charge >= 0.3 is 0 Å². The predicted molar refractivity (Wildman–Crippen MR) is 130 cm³/mol. The van der Waals surface area contributed by atoms with Crippen LogP contribution in [-0.2, 0) is 0 Å². The molecule has 2 nitrogen and oxygen atoms in total. The molecule has 0 atom stereocenters. The number of hydrogen-bond acceptors (Lipinski definition) is 2. The van der Waals surface area contributed by atoms with Crippen molar-refractivity contribution < 1.29 is 0 Å². The summed E-state index contributed by atoms with van der Waals surface area (Å²) in [6.45, 7) is 6.58. The molecule has 3 aromatic rings. The zero-order valence-corrected chi connectivity index (χ0v) is 18.7. The minimum atomic E-state index is -0.562. The smallest absolute Gasteiger partial charge is 0.0583 e. The summed E-state index contributed by atoms with van der Waals surface area (Å²) < 4.78 is 0. The van der Waals surface area contributed by atoms with Crippen LogP contribution in [0, 0.1) is 5.41 Å². The van der Waals surface area contributed by atoms with Crippen LogP contribution in [0.5, 0.6) is 0 Å². The quantitative estimate of drug-likeness (QED) is 0.254. The predicted octanol–water partition coefficient (Wildman–Crippen LogP) is 6.29. The molecule has 3 rings (SSSR count). The average molecular weight is 421 g/mol. The van der Waals surface area contributed by atoms with E-state index < -0.39 is 7.92 Å². The Bertz CT molecular complexity index is 937. The summed E-state index contributed by atoms with van der Waals surface area (Å²) in [5.41, 5.74) is 1.88. The van der Waals surface area contributed by atoms with Crippen LogP contribution in [0.15, 0.2) is 95.1 Å². The molecule has 148 valence electrons. The van der Waals surface area contributed by atoms with Crippen LogP contribution in [0.3, 0.4) is 0 Å². The SMILES string of the molecule is CC(C)(C)/C(CP(c1ccccc1)c1ccccc1)=N/N=C/c1ccccc1Cl. The highest BCUT2D eigenvalue weighted by Gasteiger charge is 2.24. The molecule has 0 aliphatic heterocycles. The van der Waals surface area contributed by atoms with E-state index in [4.69, 9.17) is 11.6 Å². The third-order valence-corrected chi connectivity index (χ3v) is 7.39. The van der Waals surface area contributed by atoms with Gasteiger partial charge in [0.1, 0.15) is 0 Å². The van der Waals surface area contributed by atoms with E-state index in [1.807, 2.05) is 24.3 Å². The third-order valence-electron chi connectivity index (χ3n) is 4.59. The molecule has 0 aromatic heterocycles. The van der Waals surface area contributed by atoms with Crippen molar-refractivity contribution in [2.24, 2.45) is 15.6 Å². The summed E-state index contributed by atoms with van der Waals surface area (Å²) in [4.78, 5) is 0. The molecular weight excluding hydrogens is 395 g/mol. The van der Waals surface area contributed by atoms with Crippen molar-refractivity contribution >= 4 is 42.1 Å². The first-order valence-electron chi connectivity index (χ1n) is 9.68. The van der Waals surface area contributed by atoms with Gasteiger partial charge in [-0.05, 0) is 24.6 Å².